The van der Waals surface area contributed by atoms with Crippen molar-refractivity contribution >= 4 is 40.3 Å². The molecule has 1 fully saturated rings. The van der Waals surface area contributed by atoms with Crippen molar-refractivity contribution in [2.45, 2.75) is 58.1 Å². The monoisotopic (exact) mass is 538 g/mol. The van der Waals surface area contributed by atoms with Gasteiger partial charge in [-0.3, -0.25) is 4.79 Å². The standard InChI is InChI=1S/C28H28Cl2N4O3/c1-17(27(35)36)5-3-6-18-9-10-21(22(30)14-18)24-33-23-25(31-16-32-26(23)37-28(2)11-12-28)34(24)15-19-7-4-8-20(29)13-19/h4,7-10,13-14,16-17H,3,5-6,11-12,15H2,1-2H3,(H,35,36). The van der Waals surface area contributed by atoms with Crippen molar-refractivity contribution < 1.29 is 14.6 Å². The fraction of sp³-hybridized carbons (Fsp3) is 0.357. The summed E-state index contributed by atoms with van der Waals surface area (Å²) < 4.78 is 8.22. The minimum Gasteiger partial charge on any atom is -0.481 e. The number of rotatable bonds is 10. The number of benzene rings is 2. The molecule has 1 aliphatic carbocycles. The molecule has 1 aliphatic rings. The van der Waals surface area contributed by atoms with Crippen LogP contribution in [-0.4, -0.2) is 36.2 Å². The summed E-state index contributed by atoms with van der Waals surface area (Å²) in [7, 11) is 0. The number of aromatic nitrogens is 4. The number of ether oxygens (including phenoxy) is 1. The van der Waals surface area contributed by atoms with Crippen LogP contribution in [0.4, 0.5) is 0 Å². The number of aliphatic carboxylic acids is 1. The third-order valence-corrected chi connectivity index (χ3v) is 7.37. The summed E-state index contributed by atoms with van der Waals surface area (Å²) in [6.45, 7) is 4.29. The van der Waals surface area contributed by atoms with Crippen LogP contribution >= 0.6 is 23.2 Å². The highest BCUT2D eigenvalue weighted by Crippen LogP contribution is 2.41. The summed E-state index contributed by atoms with van der Waals surface area (Å²) >= 11 is 13.1. The molecule has 0 bridgehead atoms. The van der Waals surface area contributed by atoms with Crippen LogP contribution in [-0.2, 0) is 17.8 Å². The molecule has 2 aromatic carbocycles. The van der Waals surface area contributed by atoms with Crippen LogP contribution in [0, 0.1) is 5.92 Å². The minimum atomic E-state index is -0.769. The van der Waals surface area contributed by atoms with E-state index in [-0.39, 0.29) is 11.5 Å². The van der Waals surface area contributed by atoms with Gasteiger partial charge in [0.2, 0.25) is 5.88 Å². The van der Waals surface area contributed by atoms with E-state index in [1.807, 2.05) is 47.0 Å². The van der Waals surface area contributed by atoms with Crippen molar-refractivity contribution in [3.8, 4) is 17.3 Å². The number of carbonyl (C=O) groups is 1. The van der Waals surface area contributed by atoms with E-state index in [1.54, 1.807) is 6.92 Å². The van der Waals surface area contributed by atoms with E-state index in [1.165, 1.54) is 6.33 Å². The lowest BCUT2D eigenvalue weighted by atomic mass is 10.0. The summed E-state index contributed by atoms with van der Waals surface area (Å²) in [6.07, 6.45) is 5.60. The summed E-state index contributed by atoms with van der Waals surface area (Å²) in [5, 5.41) is 10.3. The number of imidazole rings is 1. The number of carboxylic acids is 1. The number of halogens is 2. The molecule has 9 heteroatoms. The number of carboxylic acid groups (broad SMARTS) is 1. The highest BCUT2D eigenvalue weighted by Gasteiger charge is 2.41. The van der Waals surface area contributed by atoms with Gasteiger partial charge in [-0.05, 0) is 74.4 Å². The third kappa shape index (κ3) is 5.73. The van der Waals surface area contributed by atoms with Crippen molar-refractivity contribution in [2.24, 2.45) is 5.92 Å². The number of hydrogen-bond acceptors (Lipinski definition) is 5. The molecule has 7 nitrogen and oxygen atoms in total. The van der Waals surface area contributed by atoms with Gasteiger partial charge in [0.05, 0.1) is 17.5 Å². The fourth-order valence-corrected chi connectivity index (χ4v) is 4.81. The summed E-state index contributed by atoms with van der Waals surface area (Å²) in [4.78, 5) is 25.0. The van der Waals surface area contributed by atoms with Crippen LogP contribution < -0.4 is 4.74 Å². The quantitative estimate of drug-likeness (QED) is 0.238. The third-order valence-electron chi connectivity index (χ3n) is 6.82. The molecule has 0 amide bonds. The molecule has 1 saturated carbocycles. The number of aryl methyl sites for hydroxylation is 1. The van der Waals surface area contributed by atoms with E-state index >= 15 is 0 Å². The molecule has 1 atom stereocenters. The average Bonchev–Trinajstić information content (AvgIpc) is 3.47. The second-order valence-corrected chi connectivity index (χ2v) is 10.8. The topological polar surface area (TPSA) is 90.1 Å². The molecule has 1 N–H and O–H groups in total. The van der Waals surface area contributed by atoms with Crippen LogP contribution in [0.15, 0.2) is 48.8 Å². The molecule has 5 rings (SSSR count). The summed E-state index contributed by atoms with van der Waals surface area (Å²) in [6, 6.07) is 13.6. The van der Waals surface area contributed by atoms with Gasteiger partial charge in [0.15, 0.2) is 11.2 Å². The summed E-state index contributed by atoms with van der Waals surface area (Å²) in [5.41, 5.74) is 3.86. The Morgan fingerprint density at radius 2 is 1.97 bits per heavy atom. The van der Waals surface area contributed by atoms with E-state index in [0.717, 1.165) is 42.4 Å². The molecular formula is C28H28Cl2N4O3. The maximum absolute atomic E-state index is 11.1. The highest BCUT2D eigenvalue weighted by atomic mass is 35.5. The average molecular weight is 539 g/mol. The van der Waals surface area contributed by atoms with Gasteiger partial charge in [0, 0.05) is 10.6 Å². The molecule has 37 heavy (non-hydrogen) atoms. The van der Waals surface area contributed by atoms with Gasteiger partial charge in [-0.2, -0.15) is 4.98 Å². The van der Waals surface area contributed by atoms with Crippen LogP contribution in [0.1, 0.15) is 50.7 Å². The number of fused-ring (bicyclic) bond motifs is 1. The van der Waals surface area contributed by atoms with Gasteiger partial charge in [-0.1, -0.05) is 48.3 Å². The molecule has 192 valence electrons. The Balaban J connectivity index is 1.52. The van der Waals surface area contributed by atoms with Crippen LogP contribution in [0.5, 0.6) is 5.88 Å². The summed E-state index contributed by atoms with van der Waals surface area (Å²) in [5.74, 6) is -0.000565. The molecule has 2 aromatic heterocycles. The Morgan fingerprint density at radius 3 is 2.68 bits per heavy atom. The maximum atomic E-state index is 11.1. The predicted octanol–water partition coefficient (Wildman–Crippen LogP) is 6.82. The lowest BCUT2D eigenvalue weighted by Crippen LogP contribution is -2.13. The predicted molar refractivity (Wildman–Crippen MR) is 144 cm³/mol. The zero-order valence-corrected chi connectivity index (χ0v) is 22.3. The van der Waals surface area contributed by atoms with Crippen molar-refractivity contribution in [2.75, 3.05) is 0 Å². The normalized spacial score (nSPS) is 15.0. The lowest BCUT2D eigenvalue weighted by Gasteiger charge is -2.12. The highest BCUT2D eigenvalue weighted by molar-refractivity contribution is 6.33. The van der Waals surface area contributed by atoms with E-state index in [4.69, 9.17) is 38.0 Å². The van der Waals surface area contributed by atoms with E-state index in [9.17, 15) is 4.79 Å². The fourth-order valence-electron chi connectivity index (χ4n) is 4.31. The first-order valence-electron chi connectivity index (χ1n) is 12.4. The number of nitrogens with zero attached hydrogens (tertiary/aromatic N) is 4. The van der Waals surface area contributed by atoms with Gasteiger partial charge >= 0.3 is 5.97 Å². The molecule has 0 spiro atoms. The molecule has 4 aromatic rings. The Bertz CT molecular complexity index is 1470. The molecule has 1 unspecified atom stereocenters. The van der Waals surface area contributed by atoms with Gasteiger partial charge < -0.3 is 14.4 Å². The van der Waals surface area contributed by atoms with Gasteiger partial charge in [0.1, 0.15) is 17.8 Å². The Labute approximate surface area is 225 Å². The second-order valence-electron chi connectivity index (χ2n) is 10.0. The van der Waals surface area contributed by atoms with Crippen molar-refractivity contribution in [1.29, 1.82) is 0 Å². The van der Waals surface area contributed by atoms with E-state index in [0.29, 0.717) is 45.9 Å². The first-order valence-corrected chi connectivity index (χ1v) is 13.1. The molecular weight excluding hydrogens is 511 g/mol. The number of hydrogen-bond donors (Lipinski definition) is 1. The Hall–Kier alpha value is -3.16. The largest absolute Gasteiger partial charge is 0.481 e. The first-order chi connectivity index (χ1) is 17.7. The molecule has 2 heterocycles. The van der Waals surface area contributed by atoms with E-state index < -0.39 is 5.97 Å². The zero-order chi connectivity index (χ0) is 26.2. The zero-order valence-electron chi connectivity index (χ0n) is 20.7. The van der Waals surface area contributed by atoms with Crippen molar-refractivity contribution in [3.05, 3.63) is 70.0 Å². The van der Waals surface area contributed by atoms with Crippen LogP contribution in [0.2, 0.25) is 10.0 Å². The van der Waals surface area contributed by atoms with Crippen molar-refractivity contribution in [3.63, 3.8) is 0 Å². The molecule has 0 radical (unpaired) electrons. The minimum absolute atomic E-state index is 0.213. The first kappa shape index (κ1) is 25.5. The van der Waals surface area contributed by atoms with Gasteiger partial charge in [-0.25, -0.2) is 9.97 Å². The van der Waals surface area contributed by atoms with Gasteiger partial charge in [-0.15, -0.1) is 0 Å². The second kappa shape index (κ2) is 10.3. The smallest absolute Gasteiger partial charge is 0.306 e. The Kier molecular flexibility index (Phi) is 7.10. The molecule has 0 saturated heterocycles. The van der Waals surface area contributed by atoms with Crippen molar-refractivity contribution in [1.82, 2.24) is 19.5 Å². The lowest BCUT2D eigenvalue weighted by molar-refractivity contribution is -0.141. The maximum Gasteiger partial charge on any atom is 0.306 e. The van der Waals surface area contributed by atoms with E-state index in [2.05, 4.69) is 16.9 Å². The SMILES string of the molecule is CC(CCCc1ccc(-c2nc3c(OC4(C)CC4)ncnc3n2Cc2cccc(Cl)c2)c(Cl)c1)C(=O)O. The molecule has 0 aliphatic heterocycles. The van der Waals surface area contributed by atoms with Gasteiger partial charge in [0.25, 0.3) is 0 Å². The van der Waals surface area contributed by atoms with Crippen LogP contribution in [0.3, 0.4) is 0 Å². The van der Waals surface area contributed by atoms with Crippen LogP contribution in [0.25, 0.3) is 22.6 Å². The Morgan fingerprint density at radius 1 is 1.16 bits per heavy atom.